The van der Waals surface area contributed by atoms with E-state index < -0.39 is 24.2 Å². The number of aromatic nitrogens is 1. The van der Waals surface area contributed by atoms with Crippen LogP contribution in [0.25, 0.3) is 11.1 Å². The van der Waals surface area contributed by atoms with Crippen molar-refractivity contribution < 1.29 is 26.7 Å². The fourth-order valence-corrected chi connectivity index (χ4v) is 1.74. The monoisotopic (exact) mass is 289 g/mol. The van der Waals surface area contributed by atoms with E-state index in [1.165, 1.54) is 30.3 Å². The lowest BCUT2D eigenvalue weighted by molar-refractivity contribution is -0.137. The van der Waals surface area contributed by atoms with Crippen LogP contribution in [-0.2, 0) is 6.18 Å². The van der Waals surface area contributed by atoms with Crippen molar-refractivity contribution in [3.8, 4) is 17.0 Å². The van der Waals surface area contributed by atoms with Crippen LogP contribution in [0.15, 0.2) is 42.6 Å². The molecule has 0 aliphatic heterocycles. The average Bonchev–Trinajstić information content (AvgIpc) is 2.38. The molecule has 0 radical (unpaired) electrons. The smallest absolute Gasteiger partial charge is 0.416 e. The predicted molar refractivity (Wildman–Crippen MR) is 61.3 cm³/mol. The highest BCUT2D eigenvalue weighted by Gasteiger charge is 2.34. The minimum absolute atomic E-state index is 0.138. The molecule has 2 rings (SSSR count). The molecule has 0 spiro atoms. The van der Waals surface area contributed by atoms with E-state index in [1.54, 1.807) is 0 Å². The summed E-state index contributed by atoms with van der Waals surface area (Å²) in [4.78, 5) is 3.55. The first kappa shape index (κ1) is 14.2. The first-order chi connectivity index (χ1) is 9.39. The van der Waals surface area contributed by atoms with Gasteiger partial charge in [-0.2, -0.15) is 22.0 Å². The Morgan fingerprint density at radius 3 is 2.25 bits per heavy atom. The van der Waals surface area contributed by atoms with E-state index in [0.717, 1.165) is 12.3 Å². The van der Waals surface area contributed by atoms with Crippen molar-refractivity contribution in [2.24, 2.45) is 0 Å². The predicted octanol–water partition coefficient (Wildman–Crippen LogP) is 4.37. The van der Waals surface area contributed by atoms with Gasteiger partial charge in [0.2, 0.25) is 5.88 Å². The van der Waals surface area contributed by atoms with E-state index in [-0.39, 0.29) is 11.1 Å². The number of hydrogen-bond acceptors (Lipinski definition) is 2. The molecule has 0 unspecified atom stereocenters. The van der Waals surface area contributed by atoms with Crippen LogP contribution in [-0.4, -0.2) is 11.6 Å². The molecule has 0 aliphatic carbocycles. The first-order valence-corrected chi connectivity index (χ1v) is 5.46. The maximum Gasteiger partial charge on any atom is 0.417 e. The number of halogens is 5. The van der Waals surface area contributed by atoms with E-state index >= 15 is 0 Å². The number of nitrogens with zero attached hydrogens (tertiary/aromatic N) is 1. The summed E-state index contributed by atoms with van der Waals surface area (Å²) in [6, 6.07) is 7.24. The van der Waals surface area contributed by atoms with Crippen molar-refractivity contribution in [1.82, 2.24) is 4.98 Å². The van der Waals surface area contributed by atoms with E-state index in [0.29, 0.717) is 0 Å². The third-order valence-electron chi connectivity index (χ3n) is 2.49. The fraction of sp³-hybridized carbons (Fsp3) is 0.154. The molecular formula is C13H8F5NO. The van der Waals surface area contributed by atoms with Gasteiger partial charge in [0.1, 0.15) is 0 Å². The van der Waals surface area contributed by atoms with Gasteiger partial charge in [0, 0.05) is 11.8 Å². The van der Waals surface area contributed by atoms with Gasteiger partial charge in [-0.25, -0.2) is 4.98 Å². The lowest BCUT2D eigenvalue weighted by atomic mass is 10.0. The lowest BCUT2D eigenvalue weighted by Gasteiger charge is -2.14. The zero-order chi connectivity index (χ0) is 14.8. The van der Waals surface area contributed by atoms with E-state index in [1.807, 2.05) is 0 Å². The fourth-order valence-electron chi connectivity index (χ4n) is 1.74. The maximum atomic E-state index is 12.9. The van der Waals surface area contributed by atoms with Crippen molar-refractivity contribution in [3.05, 3.63) is 48.2 Å². The van der Waals surface area contributed by atoms with Gasteiger partial charge in [0.05, 0.1) is 5.56 Å². The topological polar surface area (TPSA) is 22.1 Å². The van der Waals surface area contributed by atoms with Crippen LogP contribution >= 0.6 is 0 Å². The van der Waals surface area contributed by atoms with E-state index in [2.05, 4.69) is 9.72 Å². The molecule has 0 saturated carbocycles. The second-order valence-corrected chi connectivity index (χ2v) is 3.78. The van der Waals surface area contributed by atoms with Gasteiger partial charge in [-0.05, 0) is 23.8 Å². The Hall–Kier alpha value is -2.18. The largest absolute Gasteiger partial charge is 0.417 e. The number of pyridine rings is 1. The van der Waals surface area contributed by atoms with Crippen molar-refractivity contribution >= 4 is 0 Å². The molecule has 2 aromatic rings. The van der Waals surface area contributed by atoms with E-state index in [9.17, 15) is 22.0 Å². The lowest BCUT2D eigenvalue weighted by Crippen LogP contribution is -2.09. The van der Waals surface area contributed by atoms with Crippen molar-refractivity contribution in [1.29, 1.82) is 0 Å². The normalized spacial score (nSPS) is 11.7. The Labute approximate surface area is 110 Å². The summed E-state index contributed by atoms with van der Waals surface area (Å²) < 4.78 is 67.4. The van der Waals surface area contributed by atoms with Crippen molar-refractivity contribution in [2.75, 3.05) is 0 Å². The summed E-state index contributed by atoms with van der Waals surface area (Å²) in [5.74, 6) is -0.542. The van der Waals surface area contributed by atoms with Gasteiger partial charge in [-0.15, -0.1) is 0 Å². The number of rotatable bonds is 3. The Bertz CT molecular complexity index is 597. The van der Waals surface area contributed by atoms with Crippen LogP contribution in [0.1, 0.15) is 5.56 Å². The number of alkyl halides is 5. The van der Waals surface area contributed by atoms with Crippen LogP contribution < -0.4 is 4.74 Å². The summed E-state index contributed by atoms with van der Waals surface area (Å²) in [5, 5.41) is 0. The van der Waals surface area contributed by atoms with Gasteiger partial charge < -0.3 is 4.74 Å². The number of ether oxygens (including phenoxy) is 1. The molecule has 0 saturated heterocycles. The molecule has 7 heteroatoms. The average molecular weight is 289 g/mol. The molecule has 20 heavy (non-hydrogen) atoms. The second-order valence-electron chi connectivity index (χ2n) is 3.78. The highest BCUT2D eigenvalue weighted by atomic mass is 19.4. The number of hydrogen-bond donors (Lipinski definition) is 0. The molecule has 0 amide bonds. The van der Waals surface area contributed by atoms with Gasteiger partial charge in [0.15, 0.2) is 0 Å². The molecule has 1 aromatic carbocycles. The summed E-state index contributed by atoms with van der Waals surface area (Å²) >= 11 is 0. The van der Waals surface area contributed by atoms with Gasteiger partial charge in [-0.1, -0.05) is 18.2 Å². The third-order valence-corrected chi connectivity index (χ3v) is 2.49. The Kier molecular flexibility index (Phi) is 3.87. The highest BCUT2D eigenvalue weighted by molar-refractivity contribution is 5.72. The molecule has 0 fully saturated rings. The molecule has 106 valence electrons. The van der Waals surface area contributed by atoms with Gasteiger partial charge in [-0.3, -0.25) is 0 Å². The standard InChI is InChI=1S/C13H8F5NO/c14-12(15)20-11-9(5-3-7-19-11)8-4-1-2-6-10(8)13(16,17)18/h1-7,12H. The molecule has 0 atom stereocenters. The van der Waals surface area contributed by atoms with Crippen LogP contribution in [0.2, 0.25) is 0 Å². The molecule has 0 bridgehead atoms. The SMILES string of the molecule is FC(F)Oc1ncccc1-c1ccccc1C(F)(F)F. The zero-order valence-electron chi connectivity index (χ0n) is 9.86. The second kappa shape index (κ2) is 5.44. The van der Waals surface area contributed by atoms with Gasteiger partial charge in [0.25, 0.3) is 0 Å². The summed E-state index contributed by atoms with van der Waals surface area (Å²) in [5.41, 5.74) is -1.34. The van der Waals surface area contributed by atoms with Crippen molar-refractivity contribution in [3.63, 3.8) is 0 Å². The van der Waals surface area contributed by atoms with Gasteiger partial charge >= 0.3 is 12.8 Å². The molecule has 0 aliphatic rings. The Balaban J connectivity index is 2.58. The number of benzene rings is 1. The van der Waals surface area contributed by atoms with Crippen LogP contribution in [0.3, 0.4) is 0 Å². The maximum absolute atomic E-state index is 12.9. The summed E-state index contributed by atoms with van der Waals surface area (Å²) in [6.45, 7) is -3.17. The summed E-state index contributed by atoms with van der Waals surface area (Å²) in [6.07, 6.45) is -3.44. The molecule has 2 nitrogen and oxygen atoms in total. The van der Waals surface area contributed by atoms with Crippen LogP contribution in [0.5, 0.6) is 5.88 Å². The Morgan fingerprint density at radius 1 is 0.950 bits per heavy atom. The summed E-state index contributed by atoms with van der Waals surface area (Å²) in [7, 11) is 0. The highest BCUT2D eigenvalue weighted by Crippen LogP contribution is 2.39. The minimum Gasteiger partial charge on any atom is -0.416 e. The quantitative estimate of drug-likeness (QED) is 0.783. The molecule has 1 aromatic heterocycles. The molecule has 1 heterocycles. The van der Waals surface area contributed by atoms with Crippen LogP contribution in [0.4, 0.5) is 22.0 Å². The van der Waals surface area contributed by atoms with Crippen molar-refractivity contribution in [2.45, 2.75) is 12.8 Å². The minimum atomic E-state index is -4.60. The van der Waals surface area contributed by atoms with E-state index in [4.69, 9.17) is 0 Å². The zero-order valence-corrected chi connectivity index (χ0v) is 9.86. The molecule has 0 N–H and O–H groups in total. The Morgan fingerprint density at radius 2 is 1.60 bits per heavy atom. The van der Waals surface area contributed by atoms with Crippen LogP contribution in [0, 0.1) is 0 Å². The molecular weight excluding hydrogens is 281 g/mol. The first-order valence-electron chi connectivity index (χ1n) is 5.46. The third kappa shape index (κ3) is 3.04.